The van der Waals surface area contributed by atoms with Crippen molar-refractivity contribution < 1.29 is 0 Å². The van der Waals surface area contributed by atoms with Gasteiger partial charge in [-0.1, -0.05) is 30.3 Å². The average molecular weight is 289 g/mol. The third kappa shape index (κ3) is 3.51. The minimum Gasteiger partial charge on any atom is -0.350 e. The molecule has 0 aliphatic heterocycles. The van der Waals surface area contributed by atoms with Crippen molar-refractivity contribution in [2.24, 2.45) is 0 Å². The predicted molar refractivity (Wildman–Crippen MR) is 86.3 cm³/mol. The molecular formula is C17H21ClN2. The molecule has 2 aromatic rings. The SMILES string of the molecule is Cc1cc(CCl)cnc1N(Cc1ccccc1)C(C)C. The van der Waals surface area contributed by atoms with Crippen LogP contribution in [0.2, 0.25) is 0 Å². The van der Waals surface area contributed by atoms with E-state index in [1.807, 2.05) is 12.3 Å². The van der Waals surface area contributed by atoms with Crippen LogP contribution in [-0.4, -0.2) is 11.0 Å². The fourth-order valence-electron chi connectivity index (χ4n) is 2.28. The molecule has 0 aliphatic carbocycles. The topological polar surface area (TPSA) is 16.1 Å². The minimum absolute atomic E-state index is 0.392. The molecule has 0 aliphatic rings. The number of nitrogens with zero attached hydrogens (tertiary/aromatic N) is 2. The Morgan fingerprint density at radius 2 is 1.85 bits per heavy atom. The third-order valence-corrected chi connectivity index (χ3v) is 3.66. The van der Waals surface area contributed by atoms with E-state index < -0.39 is 0 Å². The van der Waals surface area contributed by atoms with E-state index in [-0.39, 0.29) is 0 Å². The van der Waals surface area contributed by atoms with Gasteiger partial charge in [-0.05, 0) is 43.5 Å². The molecular weight excluding hydrogens is 268 g/mol. The van der Waals surface area contributed by atoms with Crippen molar-refractivity contribution in [1.82, 2.24) is 4.98 Å². The van der Waals surface area contributed by atoms with Gasteiger partial charge in [0.1, 0.15) is 5.82 Å². The number of hydrogen-bond acceptors (Lipinski definition) is 2. The first-order chi connectivity index (χ1) is 9.61. The Morgan fingerprint density at radius 1 is 1.15 bits per heavy atom. The highest BCUT2D eigenvalue weighted by atomic mass is 35.5. The monoisotopic (exact) mass is 288 g/mol. The van der Waals surface area contributed by atoms with E-state index >= 15 is 0 Å². The molecule has 0 atom stereocenters. The summed E-state index contributed by atoms with van der Waals surface area (Å²) in [6.07, 6.45) is 1.87. The second-order valence-corrected chi connectivity index (χ2v) is 5.59. The molecule has 2 rings (SSSR count). The van der Waals surface area contributed by atoms with Gasteiger partial charge in [-0.25, -0.2) is 4.98 Å². The second-order valence-electron chi connectivity index (χ2n) is 5.32. The molecule has 0 saturated heterocycles. The highest BCUT2D eigenvalue weighted by Gasteiger charge is 2.15. The van der Waals surface area contributed by atoms with E-state index in [2.05, 4.69) is 61.0 Å². The van der Waals surface area contributed by atoms with Crippen LogP contribution in [0, 0.1) is 6.92 Å². The van der Waals surface area contributed by atoms with Crippen LogP contribution in [0.25, 0.3) is 0 Å². The number of alkyl halides is 1. The van der Waals surface area contributed by atoms with Crippen LogP contribution in [0.1, 0.15) is 30.5 Å². The molecule has 1 aromatic heterocycles. The summed E-state index contributed by atoms with van der Waals surface area (Å²) in [5.41, 5.74) is 3.54. The van der Waals surface area contributed by atoms with Crippen LogP contribution in [0.5, 0.6) is 0 Å². The molecule has 0 bridgehead atoms. The molecule has 1 aromatic carbocycles. The number of pyridine rings is 1. The first kappa shape index (κ1) is 14.9. The summed E-state index contributed by atoms with van der Waals surface area (Å²) in [5, 5.41) is 0. The minimum atomic E-state index is 0.392. The lowest BCUT2D eigenvalue weighted by Crippen LogP contribution is -2.31. The molecule has 0 fully saturated rings. The van der Waals surface area contributed by atoms with Gasteiger partial charge < -0.3 is 4.90 Å². The molecule has 1 heterocycles. The van der Waals surface area contributed by atoms with Crippen LogP contribution < -0.4 is 4.90 Å². The van der Waals surface area contributed by atoms with Crippen LogP contribution in [0.4, 0.5) is 5.82 Å². The second kappa shape index (κ2) is 6.76. The maximum atomic E-state index is 5.87. The van der Waals surface area contributed by atoms with E-state index in [1.165, 1.54) is 11.1 Å². The zero-order chi connectivity index (χ0) is 14.5. The number of anilines is 1. The third-order valence-electron chi connectivity index (χ3n) is 3.35. The molecule has 2 nitrogen and oxygen atoms in total. The molecule has 0 saturated carbocycles. The fourth-order valence-corrected chi connectivity index (χ4v) is 2.43. The van der Waals surface area contributed by atoms with E-state index in [0.717, 1.165) is 17.9 Å². The van der Waals surface area contributed by atoms with Gasteiger partial charge in [0.15, 0.2) is 0 Å². The van der Waals surface area contributed by atoms with Gasteiger partial charge in [0.05, 0.1) is 0 Å². The Kier molecular flexibility index (Phi) is 5.02. The summed E-state index contributed by atoms with van der Waals surface area (Å²) in [6, 6.07) is 13.0. The molecule has 0 spiro atoms. The highest BCUT2D eigenvalue weighted by Crippen LogP contribution is 2.23. The lowest BCUT2D eigenvalue weighted by Gasteiger charge is -2.29. The molecule has 0 unspecified atom stereocenters. The van der Waals surface area contributed by atoms with Crippen molar-refractivity contribution >= 4 is 17.4 Å². The smallest absolute Gasteiger partial charge is 0.131 e. The molecule has 20 heavy (non-hydrogen) atoms. The van der Waals surface area contributed by atoms with Crippen molar-refractivity contribution in [2.75, 3.05) is 4.90 Å². The zero-order valence-electron chi connectivity index (χ0n) is 12.3. The van der Waals surface area contributed by atoms with Gasteiger partial charge in [-0.2, -0.15) is 0 Å². The van der Waals surface area contributed by atoms with Crippen molar-refractivity contribution in [3.8, 4) is 0 Å². The van der Waals surface area contributed by atoms with Crippen molar-refractivity contribution in [2.45, 2.75) is 39.2 Å². The summed E-state index contributed by atoms with van der Waals surface area (Å²) in [5.74, 6) is 1.55. The Labute approximate surface area is 126 Å². The Hall–Kier alpha value is -1.54. The zero-order valence-corrected chi connectivity index (χ0v) is 13.1. The maximum absolute atomic E-state index is 5.87. The summed E-state index contributed by atoms with van der Waals surface area (Å²) in [4.78, 5) is 6.93. The lowest BCUT2D eigenvalue weighted by atomic mass is 10.1. The Bertz CT molecular complexity index is 552. The maximum Gasteiger partial charge on any atom is 0.131 e. The fraction of sp³-hybridized carbons (Fsp3) is 0.353. The van der Waals surface area contributed by atoms with Gasteiger partial charge in [-0.15, -0.1) is 11.6 Å². The predicted octanol–water partition coefficient (Wildman–Crippen LogP) is 4.54. The van der Waals surface area contributed by atoms with E-state index in [1.54, 1.807) is 0 Å². The van der Waals surface area contributed by atoms with E-state index in [4.69, 9.17) is 11.6 Å². The first-order valence-corrected chi connectivity index (χ1v) is 7.47. The average Bonchev–Trinajstić information content (AvgIpc) is 2.46. The number of halogens is 1. The van der Waals surface area contributed by atoms with Crippen LogP contribution in [-0.2, 0) is 12.4 Å². The Balaban J connectivity index is 2.29. The van der Waals surface area contributed by atoms with Crippen molar-refractivity contribution in [3.63, 3.8) is 0 Å². The molecule has 106 valence electrons. The quantitative estimate of drug-likeness (QED) is 0.751. The summed E-state index contributed by atoms with van der Waals surface area (Å²) in [6.45, 7) is 7.35. The van der Waals surface area contributed by atoms with Gasteiger partial charge in [-0.3, -0.25) is 0 Å². The first-order valence-electron chi connectivity index (χ1n) is 6.94. The van der Waals surface area contributed by atoms with Crippen LogP contribution in [0.3, 0.4) is 0 Å². The van der Waals surface area contributed by atoms with Gasteiger partial charge in [0.25, 0.3) is 0 Å². The summed E-state index contributed by atoms with van der Waals surface area (Å²) >= 11 is 5.87. The number of aromatic nitrogens is 1. The normalized spacial score (nSPS) is 10.8. The number of rotatable bonds is 5. The molecule has 3 heteroatoms. The largest absolute Gasteiger partial charge is 0.350 e. The van der Waals surface area contributed by atoms with Crippen molar-refractivity contribution in [3.05, 3.63) is 59.3 Å². The highest BCUT2D eigenvalue weighted by molar-refractivity contribution is 6.17. The number of aryl methyl sites for hydroxylation is 1. The molecule has 0 radical (unpaired) electrons. The summed E-state index contributed by atoms with van der Waals surface area (Å²) < 4.78 is 0. The number of benzene rings is 1. The van der Waals surface area contributed by atoms with Gasteiger partial charge >= 0.3 is 0 Å². The number of hydrogen-bond donors (Lipinski definition) is 0. The lowest BCUT2D eigenvalue weighted by molar-refractivity contribution is 0.670. The van der Waals surface area contributed by atoms with Gasteiger partial charge in [0.2, 0.25) is 0 Å². The van der Waals surface area contributed by atoms with Crippen molar-refractivity contribution in [1.29, 1.82) is 0 Å². The van der Waals surface area contributed by atoms with E-state index in [9.17, 15) is 0 Å². The van der Waals surface area contributed by atoms with E-state index in [0.29, 0.717) is 11.9 Å². The molecule has 0 N–H and O–H groups in total. The van der Waals surface area contributed by atoms with Crippen LogP contribution in [0.15, 0.2) is 42.6 Å². The van der Waals surface area contributed by atoms with Gasteiger partial charge in [0, 0.05) is 24.7 Å². The standard InChI is InChI=1S/C17H21ClN2/c1-13(2)20(12-15-7-5-4-6-8-15)17-14(3)9-16(10-18)11-19-17/h4-9,11,13H,10,12H2,1-3H3. The van der Waals surface area contributed by atoms with Crippen LogP contribution >= 0.6 is 11.6 Å². The molecule has 0 amide bonds. The summed E-state index contributed by atoms with van der Waals surface area (Å²) in [7, 11) is 0. The Morgan fingerprint density at radius 3 is 2.40 bits per heavy atom.